The summed E-state index contributed by atoms with van der Waals surface area (Å²) in [5.41, 5.74) is 7.18. The summed E-state index contributed by atoms with van der Waals surface area (Å²) in [5, 5.41) is 1.59. The van der Waals surface area contributed by atoms with E-state index in [-0.39, 0.29) is 24.0 Å². The van der Waals surface area contributed by atoms with Gasteiger partial charge in [-0.2, -0.15) is 0 Å². The average molecular weight is 273 g/mol. The zero-order valence-corrected chi connectivity index (χ0v) is 11.2. The van der Waals surface area contributed by atoms with Gasteiger partial charge in [0.2, 0.25) is 0 Å². The summed E-state index contributed by atoms with van der Waals surface area (Å²) >= 11 is 5.92. The minimum absolute atomic E-state index is 0. The first-order chi connectivity index (χ1) is 7.50. The zero-order chi connectivity index (χ0) is 11.9. The molecule has 0 bridgehead atoms. The van der Waals surface area contributed by atoms with Crippen molar-refractivity contribution < 1.29 is 0 Å². The molecule has 0 radical (unpaired) electrons. The third-order valence-electron chi connectivity index (χ3n) is 2.70. The van der Waals surface area contributed by atoms with Crippen molar-refractivity contribution in [2.24, 2.45) is 12.8 Å². The molecule has 1 heterocycles. The smallest absolute Gasteiger partial charge is 0.255 e. The molecular weight excluding hydrogens is 259 g/mol. The first kappa shape index (κ1) is 14.0. The van der Waals surface area contributed by atoms with Gasteiger partial charge in [-0.1, -0.05) is 11.6 Å². The quantitative estimate of drug-likeness (QED) is 0.868. The van der Waals surface area contributed by atoms with E-state index in [0.717, 1.165) is 10.9 Å². The standard InChI is InChI=1S/C12H13ClN2O.ClH/c1-7(14)10-6-8-5-9(13)3-4-11(8)15(2)12(10)16;/h3-7H,14H2,1-2H3;1H. The number of nitrogens with two attached hydrogens (primary N) is 1. The van der Waals surface area contributed by atoms with Crippen LogP contribution in [0.2, 0.25) is 5.02 Å². The lowest BCUT2D eigenvalue weighted by molar-refractivity contribution is 0.772. The molecule has 1 unspecified atom stereocenters. The number of hydrogen-bond acceptors (Lipinski definition) is 2. The number of halogens is 2. The normalized spacial score (nSPS) is 12.2. The second-order valence-electron chi connectivity index (χ2n) is 3.96. The highest BCUT2D eigenvalue weighted by Gasteiger charge is 2.09. The molecule has 0 fully saturated rings. The van der Waals surface area contributed by atoms with E-state index in [0.29, 0.717) is 10.6 Å². The number of aromatic nitrogens is 1. The number of hydrogen-bond donors (Lipinski definition) is 1. The molecule has 1 aromatic heterocycles. The molecule has 2 aromatic rings. The van der Waals surface area contributed by atoms with Crippen LogP contribution in [-0.4, -0.2) is 4.57 Å². The third-order valence-corrected chi connectivity index (χ3v) is 2.94. The number of fused-ring (bicyclic) bond motifs is 1. The van der Waals surface area contributed by atoms with Crippen molar-refractivity contribution in [3.63, 3.8) is 0 Å². The van der Waals surface area contributed by atoms with E-state index in [1.165, 1.54) is 0 Å². The van der Waals surface area contributed by atoms with Gasteiger partial charge < -0.3 is 10.3 Å². The monoisotopic (exact) mass is 272 g/mol. The Balaban J connectivity index is 0.00000144. The lowest BCUT2D eigenvalue weighted by atomic mass is 10.1. The molecule has 0 aliphatic rings. The summed E-state index contributed by atoms with van der Waals surface area (Å²) in [5.74, 6) is 0. The van der Waals surface area contributed by atoms with Crippen LogP contribution in [0.25, 0.3) is 10.9 Å². The Bertz CT molecular complexity index is 605. The van der Waals surface area contributed by atoms with Gasteiger partial charge in [0, 0.05) is 29.1 Å². The zero-order valence-electron chi connectivity index (χ0n) is 9.61. The highest BCUT2D eigenvalue weighted by Crippen LogP contribution is 2.19. The molecule has 17 heavy (non-hydrogen) atoms. The van der Waals surface area contributed by atoms with E-state index >= 15 is 0 Å². The molecule has 5 heteroatoms. The van der Waals surface area contributed by atoms with E-state index in [9.17, 15) is 4.79 Å². The lowest BCUT2D eigenvalue weighted by Gasteiger charge is -2.11. The first-order valence-corrected chi connectivity index (χ1v) is 5.43. The number of pyridine rings is 1. The summed E-state index contributed by atoms with van der Waals surface area (Å²) in [4.78, 5) is 12.0. The fourth-order valence-electron chi connectivity index (χ4n) is 1.80. The lowest BCUT2D eigenvalue weighted by Crippen LogP contribution is -2.25. The molecule has 3 nitrogen and oxygen atoms in total. The van der Waals surface area contributed by atoms with Gasteiger partial charge >= 0.3 is 0 Å². The molecule has 0 aliphatic carbocycles. The van der Waals surface area contributed by atoms with Gasteiger partial charge in [-0.05, 0) is 31.2 Å². The van der Waals surface area contributed by atoms with Crippen LogP contribution in [0, 0.1) is 0 Å². The van der Waals surface area contributed by atoms with Gasteiger partial charge in [0.15, 0.2) is 0 Å². The molecule has 1 atom stereocenters. The van der Waals surface area contributed by atoms with Gasteiger partial charge in [-0.25, -0.2) is 0 Å². The van der Waals surface area contributed by atoms with E-state index in [4.69, 9.17) is 17.3 Å². The number of benzene rings is 1. The molecule has 92 valence electrons. The maximum atomic E-state index is 12.0. The van der Waals surface area contributed by atoms with Gasteiger partial charge in [0.05, 0.1) is 5.52 Å². The number of nitrogens with zero attached hydrogens (tertiary/aromatic N) is 1. The van der Waals surface area contributed by atoms with Crippen LogP contribution >= 0.6 is 24.0 Å². The molecular formula is C12H14Cl2N2O. The summed E-state index contributed by atoms with van der Waals surface area (Å²) in [7, 11) is 1.74. The first-order valence-electron chi connectivity index (χ1n) is 5.05. The molecule has 0 spiro atoms. The summed E-state index contributed by atoms with van der Waals surface area (Å²) in [6.07, 6.45) is 0. The highest BCUT2D eigenvalue weighted by atomic mass is 35.5. The largest absolute Gasteiger partial charge is 0.324 e. The summed E-state index contributed by atoms with van der Waals surface area (Å²) in [6, 6.07) is 6.98. The number of aryl methyl sites for hydroxylation is 1. The van der Waals surface area contributed by atoms with Crippen molar-refractivity contribution in [3.05, 3.63) is 45.2 Å². The van der Waals surface area contributed by atoms with Crippen LogP contribution in [0.1, 0.15) is 18.5 Å². The maximum absolute atomic E-state index is 12.0. The Morgan fingerprint density at radius 1 is 1.35 bits per heavy atom. The minimum atomic E-state index is -0.276. The van der Waals surface area contributed by atoms with E-state index < -0.39 is 0 Å². The summed E-state index contributed by atoms with van der Waals surface area (Å²) in [6.45, 7) is 1.80. The Labute approximate surface area is 111 Å². The van der Waals surface area contributed by atoms with Crippen molar-refractivity contribution in [1.29, 1.82) is 0 Å². The maximum Gasteiger partial charge on any atom is 0.255 e. The second kappa shape index (κ2) is 5.08. The van der Waals surface area contributed by atoms with Gasteiger partial charge in [-0.15, -0.1) is 12.4 Å². The van der Waals surface area contributed by atoms with Crippen molar-refractivity contribution in [3.8, 4) is 0 Å². The number of rotatable bonds is 1. The molecule has 2 rings (SSSR count). The molecule has 1 aromatic carbocycles. The molecule has 0 aliphatic heterocycles. The van der Waals surface area contributed by atoms with Crippen molar-refractivity contribution in [2.45, 2.75) is 13.0 Å². The van der Waals surface area contributed by atoms with Gasteiger partial charge in [-0.3, -0.25) is 4.79 Å². The van der Waals surface area contributed by atoms with Crippen LogP contribution in [0.5, 0.6) is 0 Å². The SMILES string of the molecule is CC(N)c1cc2cc(Cl)ccc2n(C)c1=O.Cl. The van der Waals surface area contributed by atoms with Crippen molar-refractivity contribution in [2.75, 3.05) is 0 Å². The van der Waals surface area contributed by atoms with Crippen LogP contribution in [-0.2, 0) is 7.05 Å². The minimum Gasteiger partial charge on any atom is -0.324 e. The second-order valence-corrected chi connectivity index (χ2v) is 4.39. The highest BCUT2D eigenvalue weighted by molar-refractivity contribution is 6.31. The predicted molar refractivity (Wildman–Crippen MR) is 74.0 cm³/mol. The molecule has 2 N–H and O–H groups in total. The van der Waals surface area contributed by atoms with E-state index in [1.54, 1.807) is 24.6 Å². The van der Waals surface area contributed by atoms with Crippen LogP contribution in [0.3, 0.4) is 0 Å². The molecule has 0 saturated carbocycles. The Kier molecular flexibility index (Phi) is 4.20. The fourth-order valence-corrected chi connectivity index (χ4v) is 1.99. The van der Waals surface area contributed by atoms with Gasteiger partial charge in [0.25, 0.3) is 5.56 Å². The van der Waals surface area contributed by atoms with Crippen molar-refractivity contribution >= 4 is 34.9 Å². The predicted octanol–water partition coefficient (Wildman–Crippen LogP) is 2.63. The van der Waals surface area contributed by atoms with Crippen LogP contribution in [0.15, 0.2) is 29.1 Å². The van der Waals surface area contributed by atoms with Crippen LogP contribution in [0.4, 0.5) is 0 Å². The topological polar surface area (TPSA) is 48.0 Å². The Hall–Kier alpha value is -1.03. The van der Waals surface area contributed by atoms with E-state index in [1.807, 2.05) is 18.2 Å². The van der Waals surface area contributed by atoms with Crippen molar-refractivity contribution in [1.82, 2.24) is 4.57 Å². The fraction of sp³-hybridized carbons (Fsp3) is 0.250. The third kappa shape index (κ3) is 2.46. The summed E-state index contributed by atoms with van der Waals surface area (Å²) < 4.78 is 1.60. The average Bonchev–Trinajstić information content (AvgIpc) is 2.22. The van der Waals surface area contributed by atoms with E-state index in [2.05, 4.69) is 0 Å². The molecule has 0 amide bonds. The van der Waals surface area contributed by atoms with Gasteiger partial charge in [0.1, 0.15) is 0 Å². The Morgan fingerprint density at radius 3 is 2.59 bits per heavy atom. The Morgan fingerprint density at radius 2 is 2.00 bits per heavy atom. The molecule has 0 saturated heterocycles. The van der Waals surface area contributed by atoms with Crippen LogP contribution < -0.4 is 11.3 Å².